The summed E-state index contributed by atoms with van der Waals surface area (Å²) in [5, 5.41) is 6.52. The Morgan fingerprint density at radius 1 is 0.347 bits per heavy atom. The van der Waals surface area contributed by atoms with Gasteiger partial charge in [-0.25, -0.2) is 0 Å². The predicted molar refractivity (Wildman–Crippen MR) is 325 cm³/mol. The number of benzene rings is 8. The molecular formula is C70H71BN4. The second kappa shape index (κ2) is 15.7. The lowest BCUT2D eigenvalue weighted by Crippen LogP contribution is -2.58. The van der Waals surface area contributed by atoms with Crippen molar-refractivity contribution in [3.8, 4) is 22.5 Å². The molecule has 0 radical (unpaired) electrons. The summed E-state index contributed by atoms with van der Waals surface area (Å²) in [6, 6.07) is 61.5. The molecule has 5 heterocycles. The van der Waals surface area contributed by atoms with Gasteiger partial charge in [0, 0.05) is 71.9 Å². The van der Waals surface area contributed by atoms with Gasteiger partial charge in [-0.15, -0.1) is 0 Å². The maximum absolute atomic E-state index is 2.80. The minimum atomic E-state index is -0.187. The van der Waals surface area contributed by atoms with Crippen LogP contribution >= 0.6 is 0 Å². The normalized spacial score (nSPS) is 14.0. The van der Waals surface area contributed by atoms with Crippen LogP contribution in [0.25, 0.3) is 77.0 Å². The molecule has 2 aliphatic heterocycles. The molecular weight excluding hydrogens is 908 g/mol. The number of nitrogens with zero attached hydrogens (tertiary/aromatic N) is 4. The minimum absolute atomic E-state index is 0.00618. The molecule has 0 atom stereocenters. The van der Waals surface area contributed by atoms with Crippen LogP contribution in [0.2, 0.25) is 0 Å². The van der Waals surface area contributed by atoms with E-state index in [9.17, 15) is 0 Å². The monoisotopic (exact) mass is 979 g/mol. The molecule has 0 unspecified atom stereocenters. The quantitative estimate of drug-likeness (QED) is 0.161. The van der Waals surface area contributed by atoms with Crippen LogP contribution in [0, 0.1) is 0 Å². The van der Waals surface area contributed by atoms with Gasteiger partial charge in [-0.1, -0.05) is 177 Å². The van der Waals surface area contributed by atoms with Gasteiger partial charge in [-0.3, -0.25) is 0 Å². The molecule has 0 spiro atoms. The van der Waals surface area contributed by atoms with Crippen molar-refractivity contribution in [1.82, 2.24) is 13.6 Å². The van der Waals surface area contributed by atoms with Crippen molar-refractivity contribution in [3.63, 3.8) is 0 Å². The Morgan fingerprint density at radius 3 is 1.35 bits per heavy atom. The summed E-state index contributed by atoms with van der Waals surface area (Å²) in [6.07, 6.45) is 0. The Labute approximate surface area is 444 Å². The lowest BCUT2D eigenvalue weighted by molar-refractivity contribution is 0.590. The summed E-state index contributed by atoms with van der Waals surface area (Å²) in [7, 11) is 0. The van der Waals surface area contributed by atoms with Gasteiger partial charge in [0.25, 0.3) is 0 Å². The lowest BCUT2D eigenvalue weighted by atomic mass is 9.46. The van der Waals surface area contributed by atoms with E-state index in [4.69, 9.17) is 0 Å². The van der Waals surface area contributed by atoms with Crippen LogP contribution in [0.15, 0.2) is 158 Å². The Hall–Kier alpha value is -7.24. The highest BCUT2D eigenvalue weighted by Gasteiger charge is 2.48. The lowest BCUT2D eigenvalue weighted by Gasteiger charge is -2.41. The third kappa shape index (κ3) is 7.02. The number of rotatable bonds is 3. The first-order chi connectivity index (χ1) is 35.4. The molecule has 0 N–H and O–H groups in total. The largest absolute Gasteiger partial charge is 0.374 e. The zero-order chi connectivity index (χ0) is 52.6. The van der Waals surface area contributed by atoms with Crippen LogP contribution in [-0.4, -0.2) is 20.5 Å². The van der Waals surface area contributed by atoms with Crippen molar-refractivity contribution in [2.75, 3.05) is 4.90 Å². The van der Waals surface area contributed by atoms with Gasteiger partial charge in [-0.05, 0) is 151 Å². The van der Waals surface area contributed by atoms with E-state index in [0.29, 0.717) is 0 Å². The molecule has 0 amide bonds. The fraction of sp³-hybridized carbons (Fsp3) is 0.286. The smallest absolute Gasteiger partial charge is 0.351 e. The summed E-state index contributed by atoms with van der Waals surface area (Å²) < 4.78 is 7.98. The maximum Gasteiger partial charge on any atom is 0.351 e. The van der Waals surface area contributed by atoms with Gasteiger partial charge >= 0.3 is 6.85 Å². The van der Waals surface area contributed by atoms with E-state index in [1.165, 1.54) is 127 Å². The van der Waals surface area contributed by atoms with Gasteiger partial charge in [0.15, 0.2) is 0 Å². The Morgan fingerprint density at radius 2 is 0.813 bits per heavy atom. The van der Waals surface area contributed by atoms with Gasteiger partial charge < -0.3 is 18.5 Å². The first-order valence-corrected chi connectivity index (χ1v) is 27.4. The average molecular weight is 979 g/mol. The summed E-state index contributed by atoms with van der Waals surface area (Å²) in [5.41, 5.74) is 23.8. The minimum Gasteiger partial charge on any atom is -0.374 e. The number of para-hydroxylation sites is 2. The first-order valence-electron chi connectivity index (χ1n) is 27.4. The van der Waals surface area contributed by atoms with Gasteiger partial charge in [0.2, 0.25) is 0 Å². The van der Waals surface area contributed by atoms with E-state index in [1.54, 1.807) is 0 Å². The molecule has 0 fully saturated rings. The van der Waals surface area contributed by atoms with Crippen molar-refractivity contribution in [1.29, 1.82) is 0 Å². The van der Waals surface area contributed by atoms with Crippen LogP contribution in [0.1, 0.15) is 132 Å². The highest BCUT2D eigenvalue weighted by molar-refractivity contribution is 6.90. The number of hydrogen-bond acceptors (Lipinski definition) is 1. The van der Waals surface area contributed by atoms with Crippen molar-refractivity contribution in [2.24, 2.45) is 0 Å². The maximum atomic E-state index is 2.80. The fourth-order valence-electron chi connectivity index (χ4n) is 12.8. The highest BCUT2D eigenvalue weighted by Crippen LogP contribution is 2.53. The van der Waals surface area contributed by atoms with Crippen molar-refractivity contribution < 1.29 is 0 Å². The van der Waals surface area contributed by atoms with Crippen LogP contribution in [0.3, 0.4) is 0 Å². The molecule has 374 valence electrons. The van der Waals surface area contributed by atoms with E-state index < -0.39 is 0 Å². The number of anilines is 3. The fourth-order valence-corrected chi connectivity index (χ4v) is 12.8. The van der Waals surface area contributed by atoms with Gasteiger partial charge in [0.1, 0.15) is 0 Å². The third-order valence-electron chi connectivity index (χ3n) is 17.0. The molecule has 3 aromatic heterocycles. The topological polar surface area (TPSA) is 18.0 Å². The van der Waals surface area contributed by atoms with Crippen molar-refractivity contribution >= 4 is 89.5 Å². The Kier molecular flexibility index (Phi) is 9.92. The molecule has 2 aliphatic rings. The molecule has 0 saturated carbocycles. The van der Waals surface area contributed by atoms with Gasteiger partial charge in [-0.2, -0.15) is 0 Å². The van der Waals surface area contributed by atoms with Gasteiger partial charge in [0.05, 0.1) is 22.2 Å². The summed E-state index contributed by atoms with van der Waals surface area (Å²) in [6.45, 7) is 35.1. The average Bonchev–Trinajstić information content (AvgIpc) is 4.03. The van der Waals surface area contributed by atoms with Crippen LogP contribution < -0.4 is 16.0 Å². The second-order valence-electron chi connectivity index (χ2n) is 27.2. The first kappa shape index (κ1) is 47.5. The Bertz CT molecular complexity index is 4160. The van der Waals surface area contributed by atoms with Crippen molar-refractivity contribution in [3.05, 3.63) is 186 Å². The molecule has 11 aromatic rings. The van der Waals surface area contributed by atoms with Crippen LogP contribution in [0.4, 0.5) is 17.1 Å². The van der Waals surface area contributed by atoms with E-state index in [2.05, 4.69) is 280 Å². The summed E-state index contributed by atoms with van der Waals surface area (Å²) in [5.74, 6) is 0. The standard InChI is InChI=1S/C70H71BN4/c1-66(2,3)42-26-31-49(32-27-42)73-59-40-46(70(13,14)15)39-50-51-41-58-60(52-36-43(67(4,5)6)28-33-55(52)72(58)47-22-18-16-19-23-47)61-53-37-44(68(7,8)9)30-35-57(53)75(63(51)61)71(62(50)59)65-64(73)54-38-45(69(10,11)12)29-34-56(54)74(65)48-24-20-17-21-25-48/h16-41H,1-15H3. The van der Waals surface area contributed by atoms with E-state index in [-0.39, 0.29) is 33.9 Å². The van der Waals surface area contributed by atoms with Crippen molar-refractivity contribution in [2.45, 2.75) is 131 Å². The molecule has 75 heavy (non-hydrogen) atoms. The molecule has 8 aromatic carbocycles. The second-order valence-corrected chi connectivity index (χ2v) is 27.2. The molecule has 4 nitrogen and oxygen atoms in total. The number of aromatic nitrogens is 3. The molecule has 5 heteroatoms. The molecule has 0 aliphatic carbocycles. The van der Waals surface area contributed by atoms with Crippen LogP contribution in [-0.2, 0) is 27.1 Å². The zero-order valence-electron chi connectivity index (χ0n) is 46.9. The predicted octanol–water partition coefficient (Wildman–Crippen LogP) is 17.7. The summed E-state index contributed by atoms with van der Waals surface area (Å²) >= 11 is 0. The van der Waals surface area contributed by atoms with E-state index >= 15 is 0 Å². The van der Waals surface area contributed by atoms with E-state index in [1.807, 2.05) is 0 Å². The number of hydrogen-bond donors (Lipinski definition) is 0. The highest BCUT2D eigenvalue weighted by atomic mass is 15.2. The molecule has 13 rings (SSSR count). The Balaban J connectivity index is 1.30. The SMILES string of the molecule is CC(C)(C)c1ccc(N2c3cc(C(C)(C)C)cc4c3B(c3c2c2cc(C(C)(C)C)ccc2n3-c2ccccc2)n2c3ccc(C(C)(C)C)cc3c3c5c6cc(C(C)(C)C)ccc6n(-c6ccccc6)c5cc-4c32)cc1. The summed E-state index contributed by atoms with van der Waals surface area (Å²) in [4.78, 5) is 2.67. The van der Waals surface area contributed by atoms with E-state index in [0.717, 1.165) is 5.69 Å². The molecule has 0 bridgehead atoms. The third-order valence-corrected chi connectivity index (χ3v) is 17.0. The number of fused-ring (bicyclic) bond motifs is 13. The zero-order valence-corrected chi connectivity index (χ0v) is 46.9. The molecule has 0 saturated heterocycles. The van der Waals surface area contributed by atoms with Crippen LogP contribution in [0.5, 0.6) is 0 Å².